The first-order valence-electron chi connectivity index (χ1n) is 8.61. The van der Waals surface area contributed by atoms with Crippen molar-refractivity contribution in [1.82, 2.24) is 9.80 Å². The number of carbonyl (C=O) groups excluding carboxylic acids is 2. The fourth-order valence-corrected chi connectivity index (χ4v) is 3.12. The molecule has 132 valence electrons. The van der Waals surface area contributed by atoms with Gasteiger partial charge < -0.3 is 19.3 Å². The fourth-order valence-electron chi connectivity index (χ4n) is 3.12. The lowest BCUT2D eigenvalue weighted by molar-refractivity contribution is -0.140. The van der Waals surface area contributed by atoms with Crippen LogP contribution in [-0.2, 0) is 14.3 Å². The molecule has 6 nitrogen and oxygen atoms in total. The summed E-state index contributed by atoms with van der Waals surface area (Å²) >= 11 is 0. The molecule has 2 fully saturated rings. The van der Waals surface area contributed by atoms with Crippen LogP contribution in [0.3, 0.4) is 0 Å². The topological polar surface area (TPSA) is 59.1 Å². The smallest absolute Gasteiger partial charge is 0.410 e. The minimum absolute atomic E-state index is 0.0945. The predicted octanol–water partition coefficient (Wildman–Crippen LogP) is 2.27. The first-order chi connectivity index (χ1) is 10.8. The van der Waals surface area contributed by atoms with E-state index in [2.05, 4.69) is 0 Å². The van der Waals surface area contributed by atoms with Crippen molar-refractivity contribution in [1.29, 1.82) is 0 Å². The molecule has 2 heterocycles. The Kier molecular flexibility index (Phi) is 5.89. The Bertz CT molecular complexity index is 419. The van der Waals surface area contributed by atoms with E-state index in [0.29, 0.717) is 25.6 Å². The van der Waals surface area contributed by atoms with Crippen LogP contribution in [-0.4, -0.2) is 66.8 Å². The molecule has 0 saturated carbocycles. The summed E-state index contributed by atoms with van der Waals surface area (Å²) in [5, 5.41) is 0. The molecule has 0 bridgehead atoms. The zero-order valence-corrected chi connectivity index (χ0v) is 14.8. The molecule has 2 aliphatic rings. The normalized spacial score (nSPS) is 23.0. The van der Waals surface area contributed by atoms with Gasteiger partial charge in [0.1, 0.15) is 11.7 Å². The number of carbonyl (C=O) groups is 2. The van der Waals surface area contributed by atoms with Gasteiger partial charge in [-0.1, -0.05) is 0 Å². The van der Waals surface area contributed by atoms with Crippen molar-refractivity contribution in [2.24, 2.45) is 5.92 Å². The van der Waals surface area contributed by atoms with E-state index in [9.17, 15) is 9.59 Å². The molecule has 0 aromatic heterocycles. The molecule has 1 atom stereocenters. The van der Waals surface area contributed by atoms with Gasteiger partial charge in [-0.15, -0.1) is 0 Å². The Morgan fingerprint density at radius 1 is 1.22 bits per heavy atom. The van der Waals surface area contributed by atoms with E-state index in [4.69, 9.17) is 9.47 Å². The summed E-state index contributed by atoms with van der Waals surface area (Å²) in [5.74, 6) is 0.529. The van der Waals surface area contributed by atoms with Crippen LogP contribution in [0.25, 0.3) is 0 Å². The molecule has 0 spiro atoms. The van der Waals surface area contributed by atoms with Gasteiger partial charge in [-0.2, -0.15) is 0 Å². The van der Waals surface area contributed by atoms with Crippen molar-refractivity contribution in [3.63, 3.8) is 0 Å². The third kappa shape index (κ3) is 5.37. The highest BCUT2D eigenvalue weighted by molar-refractivity contribution is 5.80. The lowest BCUT2D eigenvalue weighted by atomic mass is 9.96. The van der Waals surface area contributed by atoms with Crippen molar-refractivity contribution in [2.75, 3.05) is 33.3 Å². The number of piperidine rings is 1. The Hall–Kier alpha value is -1.30. The number of hydrogen-bond donors (Lipinski definition) is 0. The molecule has 1 unspecified atom stereocenters. The summed E-state index contributed by atoms with van der Waals surface area (Å²) in [6.45, 7) is 8.46. The molecular formula is C17H30N2O4. The number of rotatable bonds is 3. The molecule has 0 aliphatic carbocycles. The Labute approximate surface area is 139 Å². The fraction of sp³-hybridized carbons (Fsp3) is 0.882. The molecule has 2 amide bonds. The van der Waals surface area contributed by atoms with Gasteiger partial charge >= 0.3 is 6.09 Å². The number of likely N-dealkylation sites (N-methyl/N-ethyl adjacent to an activating group) is 1. The van der Waals surface area contributed by atoms with Gasteiger partial charge in [0.2, 0.25) is 0 Å². The summed E-state index contributed by atoms with van der Waals surface area (Å²) in [6.07, 6.45) is 3.13. The summed E-state index contributed by atoms with van der Waals surface area (Å²) < 4.78 is 10.9. The number of ether oxygens (including phenoxy) is 2. The van der Waals surface area contributed by atoms with Crippen LogP contribution in [0, 0.1) is 5.92 Å². The van der Waals surface area contributed by atoms with Gasteiger partial charge in [0.05, 0.1) is 0 Å². The largest absolute Gasteiger partial charge is 0.444 e. The lowest BCUT2D eigenvalue weighted by Crippen LogP contribution is -2.45. The number of likely N-dealkylation sites (tertiary alicyclic amines) is 1. The van der Waals surface area contributed by atoms with Crippen molar-refractivity contribution >= 4 is 12.0 Å². The number of amides is 2. The van der Waals surface area contributed by atoms with Gasteiger partial charge in [-0.3, -0.25) is 4.79 Å². The Morgan fingerprint density at radius 2 is 1.87 bits per heavy atom. The average Bonchev–Trinajstić information content (AvgIpc) is 2.99. The maximum absolute atomic E-state index is 12.3. The number of hydrogen-bond acceptors (Lipinski definition) is 4. The van der Waals surface area contributed by atoms with Crippen LogP contribution >= 0.6 is 0 Å². The van der Waals surface area contributed by atoms with Gasteiger partial charge in [0.15, 0.2) is 0 Å². The maximum Gasteiger partial charge on any atom is 0.410 e. The van der Waals surface area contributed by atoms with E-state index in [1.165, 1.54) is 0 Å². The molecule has 2 rings (SSSR count). The highest BCUT2D eigenvalue weighted by Crippen LogP contribution is 2.21. The highest BCUT2D eigenvalue weighted by Gasteiger charge is 2.30. The van der Waals surface area contributed by atoms with Gasteiger partial charge in [0, 0.05) is 33.3 Å². The number of nitrogens with zero attached hydrogens (tertiary/aromatic N) is 2. The van der Waals surface area contributed by atoms with Crippen molar-refractivity contribution in [3.05, 3.63) is 0 Å². The zero-order valence-electron chi connectivity index (χ0n) is 14.8. The van der Waals surface area contributed by atoms with Crippen LogP contribution in [0.15, 0.2) is 0 Å². The maximum atomic E-state index is 12.3. The van der Waals surface area contributed by atoms with Gasteiger partial charge in [-0.25, -0.2) is 4.79 Å². The predicted molar refractivity (Wildman–Crippen MR) is 87.1 cm³/mol. The van der Waals surface area contributed by atoms with E-state index in [-0.39, 0.29) is 18.1 Å². The minimum atomic E-state index is -0.456. The average molecular weight is 326 g/mol. The molecule has 2 saturated heterocycles. The third-order valence-corrected chi connectivity index (χ3v) is 4.38. The van der Waals surface area contributed by atoms with Gasteiger partial charge in [0.25, 0.3) is 5.91 Å². The van der Waals surface area contributed by atoms with E-state index in [1.807, 2.05) is 27.8 Å². The minimum Gasteiger partial charge on any atom is -0.444 e. The Balaban J connectivity index is 1.73. The molecular weight excluding hydrogens is 296 g/mol. The second-order valence-electron chi connectivity index (χ2n) is 7.63. The van der Waals surface area contributed by atoms with Gasteiger partial charge in [-0.05, 0) is 52.4 Å². The second kappa shape index (κ2) is 7.51. The van der Waals surface area contributed by atoms with Crippen LogP contribution < -0.4 is 0 Å². The molecule has 0 radical (unpaired) electrons. The molecule has 0 N–H and O–H groups in total. The Morgan fingerprint density at radius 3 is 2.39 bits per heavy atom. The first-order valence-corrected chi connectivity index (χ1v) is 8.61. The first kappa shape index (κ1) is 18.0. The van der Waals surface area contributed by atoms with Crippen molar-refractivity contribution in [2.45, 2.75) is 58.2 Å². The standard InChI is InChI=1S/C17H30N2O4/c1-17(2,3)23-16(21)19-9-7-13(8-10-19)12-18(4)15(20)14-6-5-11-22-14/h13-14H,5-12H2,1-4H3. The van der Waals surface area contributed by atoms with E-state index >= 15 is 0 Å². The quantitative estimate of drug-likeness (QED) is 0.798. The third-order valence-electron chi connectivity index (χ3n) is 4.38. The molecule has 23 heavy (non-hydrogen) atoms. The van der Waals surface area contributed by atoms with Crippen LogP contribution in [0.2, 0.25) is 0 Å². The summed E-state index contributed by atoms with van der Waals surface area (Å²) in [4.78, 5) is 27.9. The SMILES string of the molecule is CN(CC1CCN(C(=O)OC(C)(C)C)CC1)C(=O)C1CCCO1. The molecule has 6 heteroatoms. The zero-order chi connectivity index (χ0) is 17.0. The summed E-state index contributed by atoms with van der Waals surface area (Å²) in [5.41, 5.74) is -0.456. The van der Waals surface area contributed by atoms with E-state index in [0.717, 1.165) is 32.2 Å². The highest BCUT2D eigenvalue weighted by atomic mass is 16.6. The summed E-state index contributed by atoms with van der Waals surface area (Å²) in [7, 11) is 1.85. The van der Waals surface area contributed by atoms with Crippen LogP contribution in [0.4, 0.5) is 4.79 Å². The van der Waals surface area contributed by atoms with Crippen LogP contribution in [0.1, 0.15) is 46.5 Å². The van der Waals surface area contributed by atoms with Crippen molar-refractivity contribution < 1.29 is 19.1 Å². The monoisotopic (exact) mass is 326 g/mol. The second-order valence-corrected chi connectivity index (χ2v) is 7.63. The molecule has 2 aliphatic heterocycles. The molecule has 0 aromatic rings. The van der Waals surface area contributed by atoms with E-state index < -0.39 is 5.60 Å². The van der Waals surface area contributed by atoms with E-state index in [1.54, 1.807) is 9.80 Å². The summed E-state index contributed by atoms with van der Waals surface area (Å²) in [6, 6.07) is 0. The lowest BCUT2D eigenvalue weighted by Gasteiger charge is -2.35. The van der Waals surface area contributed by atoms with Crippen molar-refractivity contribution in [3.8, 4) is 0 Å². The molecule has 0 aromatic carbocycles. The van der Waals surface area contributed by atoms with Crippen LogP contribution in [0.5, 0.6) is 0 Å².